The van der Waals surface area contributed by atoms with Crippen LogP contribution in [-0.4, -0.2) is 68.5 Å². The number of likely N-dealkylation sites (N-methyl/N-ethyl adjacent to an activating group) is 1. The summed E-state index contributed by atoms with van der Waals surface area (Å²) in [6, 6.07) is -0.796. The standard InChI is InChI=1S/C65H129N2O6P/c1-6-8-10-12-14-16-18-20-21-22-23-24-25-26-27-28-29-30-31-32-33-34-35-36-37-38-39-40-41-42-43-44-45-47-49-51-53-55-57-59-65(69)66-63(62-73-74(70,71)72-61-60-67(3,4)5)64(68)58-56-54-52-50-48-46-19-17-15-13-11-9-7-2/h18,20,22-23,63-64,68H,6-17,19,21,24-62H2,1-5H3,(H-,66,69,70,71)/b20-18-,23-22-. The number of allylic oxidation sites excluding steroid dienone is 4. The third kappa shape index (κ3) is 58.7. The van der Waals surface area contributed by atoms with Gasteiger partial charge < -0.3 is 28.8 Å². The number of unbranched alkanes of at least 4 members (excludes halogenated alkanes) is 44. The van der Waals surface area contributed by atoms with E-state index in [0.29, 0.717) is 23.9 Å². The Labute approximate surface area is 462 Å². The summed E-state index contributed by atoms with van der Waals surface area (Å²) in [5, 5.41) is 14.0. The number of amides is 1. The predicted octanol–water partition coefficient (Wildman–Crippen LogP) is 19.7. The average molecular weight is 1070 g/mol. The van der Waals surface area contributed by atoms with Crippen LogP contribution in [0.5, 0.6) is 0 Å². The minimum absolute atomic E-state index is 0.0152. The number of nitrogens with one attached hydrogen (secondary N) is 1. The van der Waals surface area contributed by atoms with Crippen LogP contribution in [0.15, 0.2) is 24.3 Å². The van der Waals surface area contributed by atoms with Gasteiger partial charge in [-0.05, 0) is 44.9 Å². The van der Waals surface area contributed by atoms with Crippen LogP contribution in [0.4, 0.5) is 0 Å². The number of phosphoric ester groups is 1. The summed E-state index contributed by atoms with van der Waals surface area (Å²) in [7, 11) is 1.32. The highest BCUT2D eigenvalue weighted by Gasteiger charge is 2.24. The van der Waals surface area contributed by atoms with Crippen molar-refractivity contribution in [3.63, 3.8) is 0 Å². The molecule has 0 heterocycles. The number of quaternary nitrogens is 1. The summed E-state index contributed by atoms with van der Waals surface area (Å²) < 4.78 is 23.4. The first-order valence-electron chi connectivity index (χ1n) is 32.7. The topological polar surface area (TPSA) is 108 Å². The second-order valence-corrected chi connectivity index (χ2v) is 25.2. The molecule has 74 heavy (non-hydrogen) atoms. The Bertz CT molecular complexity index is 1260. The lowest BCUT2D eigenvalue weighted by Gasteiger charge is -2.30. The molecule has 0 spiro atoms. The first kappa shape index (κ1) is 73.0. The van der Waals surface area contributed by atoms with Gasteiger partial charge in [0.05, 0.1) is 39.9 Å². The minimum atomic E-state index is -4.57. The Morgan fingerprint density at radius 3 is 1.12 bits per heavy atom. The molecule has 3 atom stereocenters. The third-order valence-corrected chi connectivity index (χ3v) is 16.2. The number of aliphatic hydroxyl groups excluding tert-OH is 1. The van der Waals surface area contributed by atoms with Gasteiger partial charge in [-0.2, -0.15) is 0 Å². The number of hydrogen-bond acceptors (Lipinski definition) is 6. The second kappa shape index (κ2) is 56.7. The van der Waals surface area contributed by atoms with Gasteiger partial charge in [0.15, 0.2) is 0 Å². The van der Waals surface area contributed by atoms with E-state index in [-0.39, 0.29) is 19.1 Å². The summed E-state index contributed by atoms with van der Waals surface area (Å²) in [4.78, 5) is 25.5. The minimum Gasteiger partial charge on any atom is -0.756 e. The number of carbonyl (C=O) groups excluding carboxylic acids is 1. The van der Waals surface area contributed by atoms with E-state index in [1.165, 1.54) is 263 Å². The Balaban J connectivity index is 3.82. The van der Waals surface area contributed by atoms with E-state index in [1.807, 2.05) is 21.1 Å². The largest absolute Gasteiger partial charge is 0.756 e. The first-order valence-corrected chi connectivity index (χ1v) is 34.1. The first-order chi connectivity index (χ1) is 36.0. The molecule has 2 N–H and O–H groups in total. The van der Waals surface area contributed by atoms with Gasteiger partial charge >= 0.3 is 0 Å². The van der Waals surface area contributed by atoms with E-state index < -0.39 is 20.0 Å². The lowest BCUT2D eigenvalue weighted by molar-refractivity contribution is -0.870. The Kier molecular flexibility index (Phi) is 55.9. The Hall–Kier alpha value is -1.02. The van der Waals surface area contributed by atoms with E-state index >= 15 is 0 Å². The molecule has 8 nitrogen and oxygen atoms in total. The van der Waals surface area contributed by atoms with Gasteiger partial charge in [-0.1, -0.05) is 308 Å². The Morgan fingerprint density at radius 1 is 0.473 bits per heavy atom. The summed E-state index contributed by atoms with van der Waals surface area (Å²) in [5.41, 5.74) is 0. The normalized spacial score (nSPS) is 13.9. The molecule has 0 aromatic heterocycles. The summed E-state index contributed by atoms with van der Waals surface area (Å²) in [6.07, 6.45) is 72.6. The van der Waals surface area contributed by atoms with Crippen LogP contribution in [0.3, 0.4) is 0 Å². The van der Waals surface area contributed by atoms with Crippen LogP contribution in [0.2, 0.25) is 0 Å². The van der Waals surface area contributed by atoms with Crippen molar-refractivity contribution < 1.29 is 32.9 Å². The van der Waals surface area contributed by atoms with E-state index in [2.05, 4.69) is 43.5 Å². The zero-order chi connectivity index (χ0) is 54.2. The van der Waals surface area contributed by atoms with Gasteiger partial charge in [0.1, 0.15) is 13.2 Å². The molecule has 0 radical (unpaired) electrons. The second-order valence-electron chi connectivity index (χ2n) is 23.8. The van der Waals surface area contributed by atoms with Crippen molar-refractivity contribution in [1.82, 2.24) is 5.32 Å². The lowest BCUT2D eigenvalue weighted by Crippen LogP contribution is -2.46. The van der Waals surface area contributed by atoms with Crippen molar-refractivity contribution in [3.05, 3.63) is 24.3 Å². The highest BCUT2D eigenvalue weighted by molar-refractivity contribution is 7.45. The molecule has 0 aromatic carbocycles. The number of hydrogen-bond donors (Lipinski definition) is 2. The average Bonchev–Trinajstić information content (AvgIpc) is 3.36. The zero-order valence-corrected chi connectivity index (χ0v) is 51.2. The van der Waals surface area contributed by atoms with Crippen molar-refractivity contribution in [3.8, 4) is 0 Å². The molecular weight excluding hydrogens is 936 g/mol. The molecule has 3 unspecified atom stereocenters. The SMILES string of the molecule is CCCCCCC/C=C\C/C=C\CCCCCCCCCCCCCCCCCCCCCCCCCCCCCC(=O)NC(COP(=O)([O-])OCC[N+](C)(C)C)C(O)CCCCCCCCCCCCCCC. The molecule has 0 saturated carbocycles. The maximum Gasteiger partial charge on any atom is 0.268 e. The summed E-state index contributed by atoms with van der Waals surface area (Å²) in [5.74, 6) is -0.158. The number of rotatable bonds is 61. The third-order valence-electron chi connectivity index (χ3n) is 15.2. The number of carbonyl (C=O) groups is 1. The molecule has 0 aliphatic carbocycles. The maximum absolute atomic E-state index is 13.0. The lowest BCUT2D eigenvalue weighted by atomic mass is 10.0. The van der Waals surface area contributed by atoms with Gasteiger partial charge in [0, 0.05) is 6.42 Å². The quantitative estimate of drug-likeness (QED) is 0.0272. The van der Waals surface area contributed by atoms with Crippen molar-refractivity contribution in [2.75, 3.05) is 40.9 Å². The fourth-order valence-electron chi connectivity index (χ4n) is 10.1. The summed E-state index contributed by atoms with van der Waals surface area (Å²) in [6.45, 7) is 4.75. The van der Waals surface area contributed by atoms with Crippen LogP contribution in [0, 0.1) is 0 Å². The van der Waals surface area contributed by atoms with Crippen LogP contribution in [-0.2, 0) is 18.4 Å². The molecule has 1 amide bonds. The molecule has 0 bridgehead atoms. The number of nitrogens with zero attached hydrogens (tertiary/aromatic N) is 1. The Morgan fingerprint density at radius 2 is 0.784 bits per heavy atom. The fraction of sp³-hybridized carbons (Fsp3) is 0.923. The van der Waals surface area contributed by atoms with E-state index in [1.54, 1.807) is 0 Å². The van der Waals surface area contributed by atoms with Crippen molar-refractivity contribution in [1.29, 1.82) is 0 Å². The van der Waals surface area contributed by atoms with Gasteiger partial charge in [-0.25, -0.2) is 0 Å². The van der Waals surface area contributed by atoms with E-state index in [0.717, 1.165) is 44.9 Å². The fourth-order valence-corrected chi connectivity index (χ4v) is 10.8. The molecule has 0 aliphatic rings. The number of phosphoric acid groups is 1. The monoisotopic (exact) mass is 1060 g/mol. The highest BCUT2D eigenvalue weighted by atomic mass is 31.2. The van der Waals surface area contributed by atoms with Crippen molar-refractivity contribution in [2.24, 2.45) is 0 Å². The highest BCUT2D eigenvalue weighted by Crippen LogP contribution is 2.38. The zero-order valence-electron chi connectivity index (χ0n) is 50.3. The van der Waals surface area contributed by atoms with Crippen LogP contribution < -0.4 is 10.2 Å². The molecule has 0 saturated heterocycles. The van der Waals surface area contributed by atoms with Crippen LogP contribution in [0.1, 0.15) is 335 Å². The number of aliphatic hydroxyl groups is 1. The van der Waals surface area contributed by atoms with Crippen LogP contribution >= 0.6 is 7.82 Å². The molecule has 0 aromatic rings. The smallest absolute Gasteiger partial charge is 0.268 e. The van der Waals surface area contributed by atoms with Crippen LogP contribution in [0.25, 0.3) is 0 Å². The van der Waals surface area contributed by atoms with Gasteiger partial charge in [-0.15, -0.1) is 0 Å². The maximum atomic E-state index is 13.0. The van der Waals surface area contributed by atoms with Crippen molar-refractivity contribution >= 4 is 13.7 Å². The predicted molar refractivity (Wildman–Crippen MR) is 321 cm³/mol. The van der Waals surface area contributed by atoms with Gasteiger partial charge in [-0.3, -0.25) is 9.36 Å². The molecule has 0 rings (SSSR count). The molecule has 0 aliphatic heterocycles. The molecule has 440 valence electrons. The molecule has 9 heteroatoms. The van der Waals surface area contributed by atoms with Gasteiger partial charge in [0.2, 0.25) is 5.91 Å². The van der Waals surface area contributed by atoms with Gasteiger partial charge in [0.25, 0.3) is 7.82 Å². The van der Waals surface area contributed by atoms with E-state index in [4.69, 9.17) is 9.05 Å². The van der Waals surface area contributed by atoms with Crippen molar-refractivity contribution in [2.45, 2.75) is 347 Å². The van der Waals surface area contributed by atoms with E-state index in [9.17, 15) is 19.4 Å². The summed E-state index contributed by atoms with van der Waals surface area (Å²) >= 11 is 0. The molecular formula is C65H129N2O6P. The molecule has 0 fully saturated rings.